The Balaban J connectivity index is 2.12. The third-order valence-electron chi connectivity index (χ3n) is 2.35. The number of benzene rings is 1. The molecule has 2 aromatic rings. The highest BCUT2D eigenvalue weighted by atomic mass is 16.5. The predicted molar refractivity (Wildman–Crippen MR) is 62.1 cm³/mol. The Labute approximate surface area is 99.2 Å². The number of aromatic nitrogens is 1. The maximum absolute atomic E-state index is 10.6. The summed E-state index contributed by atoms with van der Waals surface area (Å²) in [5.74, 6) is 1.30. The van der Waals surface area contributed by atoms with Crippen LogP contribution in [-0.4, -0.2) is 11.4 Å². The molecule has 0 spiro atoms. The van der Waals surface area contributed by atoms with Gasteiger partial charge in [-0.15, -0.1) is 0 Å². The predicted octanol–water partition coefficient (Wildman–Crippen LogP) is 2.94. The number of rotatable bonds is 4. The van der Waals surface area contributed by atoms with E-state index in [1.807, 2.05) is 19.9 Å². The number of ether oxygens (including phenoxy) is 1. The van der Waals surface area contributed by atoms with Crippen LogP contribution in [0.3, 0.4) is 0 Å². The zero-order valence-corrected chi connectivity index (χ0v) is 9.71. The third kappa shape index (κ3) is 2.72. The van der Waals surface area contributed by atoms with Crippen LogP contribution < -0.4 is 4.74 Å². The van der Waals surface area contributed by atoms with Crippen molar-refractivity contribution in [2.45, 2.75) is 20.0 Å². The van der Waals surface area contributed by atoms with Gasteiger partial charge < -0.3 is 9.26 Å². The van der Waals surface area contributed by atoms with Crippen LogP contribution in [0.5, 0.6) is 5.75 Å². The Morgan fingerprint density at radius 2 is 2.24 bits per heavy atom. The summed E-state index contributed by atoms with van der Waals surface area (Å²) in [6.45, 7) is 3.72. The molecule has 88 valence electrons. The average Bonchev–Trinajstić information content (AvgIpc) is 2.76. The molecule has 0 N–H and O–H groups in total. The molecule has 4 nitrogen and oxygen atoms in total. The van der Waals surface area contributed by atoms with Crippen molar-refractivity contribution in [1.29, 1.82) is 0 Å². The normalized spacial score (nSPS) is 12.1. The molecule has 1 aromatic carbocycles. The second-order valence-corrected chi connectivity index (χ2v) is 3.82. The molecule has 1 atom stereocenters. The van der Waals surface area contributed by atoms with Gasteiger partial charge in [0.05, 0.1) is 5.69 Å². The summed E-state index contributed by atoms with van der Waals surface area (Å²) >= 11 is 0. The van der Waals surface area contributed by atoms with Gasteiger partial charge in [0.2, 0.25) is 0 Å². The van der Waals surface area contributed by atoms with Crippen LogP contribution in [0.1, 0.15) is 34.8 Å². The van der Waals surface area contributed by atoms with Gasteiger partial charge in [-0.3, -0.25) is 4.79 Å². The lowest BCUT2D eigenvalue weighted by molar-refractivity contribution is 0.112. The summed E-state index contributed by atoms with van der Waals surface area (Å²) in [5.41, 5.74) is 1.40. The van der Waals surface area contributed by atoms with E-state index < -0.39 is 0 Å². The zero-order chi connectivity index (χ0) is 12.3. The lowest BCUT2D eigenvalue weighted by Crippen LogP contribution is -2.02. The number of nitrogens with zero attached hydrogens (tertiary/aromatic N) is 1. The molecule has 0 saturated carbocycles. The van der Waals surface area contributed by atoms with Gasteiger partial charge in [-0.25, -0.2) is 0 Å². The summed E-state index contributed by atoms with van der Waals surface area (Å²) in [4.78, 5) is 10.6. The molecule has 0 aliphatic rings. The number of hydrogen-bond donors (Lipinski definition) is 0. The first-order chi connectivity index (χ1) is 8.19. The van der Waals surface area contributed by atoms with Gasteiger partial charge in [0.1, 0.15) is 12.0 Å². The standard InChI is InChI=1S/C13H13NO3/c1-9-6-13(17-14-9)10(2)16-12-5-3-4-11(7-12)8-15/h3-8,10H,1-2H3. The van der Waals surface area contributed by atoms with Gasteiger partial charge in [-0.2, -0.15) is 0 Å². The first kappa shape index (κ1) is 11.4. The van der Waals surface area contributed by atoms with Crippen molar-refractivity contribution < 1.29 is 14.1 Å². The van der Waals surface area contributed by atoms with Gasteiger partial charge in [0, 0.05) is 11.6 Å². The van der Waals surface area contributed by atoms with Gasteiger partial charge in [0.25, 0.3) is 0 Å². The van der Waals surface area contributed by atoms with E-state index >= 15 is 0 Å². The fourth-order valence-electron chi connectivity index (χ4n) is 1.50. The Bertz CT molecular complexity index is 519. The Morgan fingerprint density at radius 1 is 1.41 bits per heavy atom. The van der Waals surface area contributed by atoms with E-state index in [2.05, 4.69) is 5.16 Å². The Kier molecular flexibility index (Phi) is 3.23. The fraction of sp³-hybridized carbons (Fsp3) is 0.231. The van der Waals surface area contributed by atoms with Crippen molar-refractivity contribution >= 4 is 6.29 Å². The summed E-state index contributed by atoms with van der Waals surface area (Å²) in [6.07, 6.45) is 0.550. The molecule has 1 unspecified atom stereocenters. The van der Waals surface area contributed by atoms with Crippen LogP contribution in [0.25, 0.3) is 0 Å². The minimum Gasteiger partial charge on any atom is -0.483 e. The summed E-state index contributed by atoms with van der Waals surface area (Å²) in [7, 11) is 0. The van der Waals surface area contributed by atoms with Crippen LogP contribution in [-0.2, 0) is 0 Å². The molecule has 0 aliphatic carbocycles. The van der Waals surface area contributed by atoms with Crippen LogP contribution >= 0.6 is 0 Å². The highest BCUT2D eigenvalue weighted by molar-refractivity contribution is 5.75. The topological polar surface area (TPSA) is 52.3 Å². The molecule has 4 heteroatoms. The molecular formula is C13H13NO3. The summed E-state index contributed by atoms with van der Waals surface area (Å²) < 4.78 is 10.8. The smallest absolute Gasteiger partial charge is 0.177 e. The van der Waals surface area contributed by atoms with Crippen LogP contribution in [0.2, 0.25) is 0 Å². The van der Waals surface area contributed by atoms with Crippen LogP contribution in [0.15, 0.2) is 34.9 Å². The van der Waals surface area contributed by atoms with Gasteiger partial charge >= 0.3 is 0 Å². The van der Waals surface area contributed by atoms with Gasteiger partial charge in [0.15, 0.2) is 11.9 Å². The summed E-state index contributed by atoms with van der Waals surface area (Å²) in [6, 6.07) is 8.81. The molecule has 1 heterocycles. The van der Waals surface area contributed by atoms with Crippen molar-refractivity contribution in [1.82, 2.24) is 5.16 Å². The van der Waals surface area contributed by atoms with E-state index in [0.29, 0.717) is 17.1 Å². The molecule has 2 rings (SSSR count). The van der Waals surface area contributed by atoms with E-state index in [1.165, 1.54) is 0 Å². The number of hydrogen-bond acceptors (Lipinski definition) is 4. The highest BCUT2D eigenvalue weighted by Gasteiger charge is 2.12. The molecule has 0 saturated heterocycles. The SMILES string of the molecule is Cc1cc(C(C)Oc2cccc(C=O)c2)on1. The van der Waals surface area contributed by atoms with E-state index in [1.54, 1.807) is 24.3 Å². The molecule has 0 fully saturated rings. The highest BCUT2D eigenvalue weighted by Crippen LogP contribution is 2.22. The number of carbonyl (C=O) groups is 1. The minimum atomic E-state index is -0.238. The fourth-order valence-corrected chi connectivity index (χ4v) is 1.50. The van der Waals surface area contributed by atoms with Gasteiger partial charge in [-0.05, 0) is 26.0 Å². The van der Waals surface area contributed by atoms with E-state index in [4.69, 9.17) is 9.26 Å². The maximum Gasteiger partial charge on any atom is 0.177 e. The number of aldehydes is 1. The van der Waals surface area contributed by atoms with Crippen molar-refractivity contribution in [3.05, 3.63) is 47.3 Å². The van der Waals surface area contributed by atoms with Crippen molar-refractivity contribution in [3.63, 3.8) is 0 Å². The first-order valence-electron chi connectivity index (χ1n) is 5.34. The summed E-state index contributed by atoms with van der Waals surface area (Å²) in [5, 5.41) is 3.80. The molecule has 1 aromatic heterocycles. The zero-order valence-electron chi connectivity index (χ0n) is 9.71. The van der Waals surface area contributed by atoms with Gasteiger partial charge in [-0.1, -0.05) is 17.3 Å². The molecule has 0 radical (unpaired) electrons. The Morgan fingerprint density at radius 3 is 2.88 bits per heavy atom. The molecule has 0 aliphatic heterocycles. The largest absolute Gasteiger partial charge is 0.483 e. The van der Waals surface area contributed by atoms with E-state index in [9.17, 15) is 4.79 Å². The van der Waals surface area contributed by atoms with E-state index in [-0.39, 0.29) is 6.10 Å². The van der Waals surface area contributed by atoms with E-state index in [0.717, 1.165) is 12.0 Å². The van der Waals surface area contributed by atoms with Crippen LogP contribution in [0.4, 0.5) is 0 Å². The number of carbonyl (C=O) groups excluding carboxylic acids is 1. The second kappa shape index (κ2) is 4.82. The Hall–Kier alpha value is -2.10. The molecule has 0 bridgehead atoms. The van der Waals surface area contributed by atoms with Crippen molar-refractivity contribution in [2.75, 3.05) is 0 Å². The molecular weight excluding hydrogens is 218 g/mol. The molecule has 17 heavy (non-hydrogen) atoms. The number of aryl methyl sites for hydroxylation is 1. The van der Waals surface area contributed by atoms with Crippen molar-refractivity contribution in [2.24, 2.45) is 0 Å². The second-order valence-electron chi connectivity index (χ2n) is 3.82. The van der Waals surface area contributed by atoms with Crippen LogP contribution in [0, 0.1) is 6.92 Å². The third-order valence-corrected chi connectivity index (χ3v) is 2.35. The molecule has 0 amide bonds. The lowest BCUT2D eigenvalue weighted by atomic mass is 10.2. The quantitative estimate of drug-likeness (QED) is 0.759. The lowest BCUT2D eigenvalue weighted by Gasteiger charge is -2.11. The maximum atomic E-state index is 10.6. The van der Waals surface area contributed by atoms with Crippen molar-refractivity contribution in [3.8, 4) is 5.75 Å². The monoisotopic (exact) mass is 231 g/mol. The average molecular weight is 231 g/mol. The minimum absolute atomic E-state index is 0.238. The first-order valence-corrected chi connectivity index (χ1v) is 5.34.